The predicted octanol–water partition coefficient (Wildman–Crippen LogP) is 1.67. The summed E-state index contributed by atoms with van der Waals surface area (Å²) in [5, 5.41) is 0. The minimum absolute atomic E-state index is 0.584. The number of aromatic nitrogens is 2. The summed E-state index contributed by atoms with van der Waals surface area (Å²) in [6, 6.07) is 6.48. The summed E-state index contributed by atoms with van der Waals surface area (Å²) in [5.41, 5.74) is 9.57. The van der Waals surface area contributed by atoms with E-state index in [1.807, 2.05) is 12.4 Å². The van der Waals surface area contributed by atoms with Gasteiger partial charge in [-0.25, -0.2) is 4.98 Å². The molecule has 0 aliphatic carbocycles. The Kier molecular flexibility index (Phi) is 2.80. The number of nitrogens with zero attached hydrogens (tertiary/aromatic N) is 3. The van der Waals surface area contributed by atoms with E-state index in [0.29, 0.717) is 6.54 Å². The van der Waals surface area contributed by atoms with Gasteiger partial charge in [0.25, 0.3) is 0 Å². The Balaban J connectivity index is 1.94. The summed E-state index contributed by atoms with van der Waals surface area (Å²) in [5.74, 6) is 1.13. The third-order valence-corrected chi connectivity index (χ3v) is 3.55. The summed E-state index contributed by atoms with van der Waals surface area (Å²) < 4.78 is 2.22. The number of imidazole rings is 1. The van der Waals surface area contributed by atoms with Crippen LogP contribution in [0.1, 0.15) is 17.0 Å². The average molecular weight is 242 g/mol. The van der Waals surface area contributed by atoms with Gasteiger partial charge in [-0.3, -0.25) is 0 Å². The molecule has 3 rings (SSSR count). The van der Waals surface area contributed by atoms with Crippen LogP contribution in [0.25, 0.3) is 0 Å². The Morgan fingerprint density at radius 2 is 2.22 bits per heavy atom. The van der Waals surface area contributed by atoms with Crippen molar-refractivity contribution in [2.45, 2.75) is 26.6 Å². The van der Waals surface area contributed by atoms with Crippen molar-refractivity contribution in [1.29, 1.82) is 0 Å². The molecular weight excluding hydrogens is 224 g/mol. The van der Waals surface area contributed by atoms with E-state index in [0.717, 1.165) is 25.5 Å². The van der Waals surface area contributed by atoms with Crippen LogP contribution >= 0.6 is 0 Å². The number of benzene rings is 1. The van der Waals surface area contributed by atoms with Gasteiger partial charge in [0.05, 0.1) is 6.54 Å². The highest BCUT2D eigenvalue weighted by Crippen LogP contribution is 2.25. The number of nitrogens with two attached hydrogens (primary N) is 1. The maximum atomic E-state index is 5.83. The minimum atomic E-state index is 0.584. The van der Waals surface area contributed by atoms with Gasteiger partial charge in [-0.1, -0.05) is 12.1 Å². The van der Waals surface area contributed by atoms with E-state index in [1.54, 1.807) is 0 Å². The third kappa shape index (κ3) is 1.88. The molecule has 1 aliphatic heterocycles. The molecule has 0 saturated heterocycles. The van der Waals surface area contributed by atoms with Gasteiger partial charge in [0.1, 0.15) is 5.82 Å². The zero-order valence-electron chi connectivity index (χ0n) is 10.6. The van der Waals surface area contributed by atoms with Crippen molar-refractivity contribution in [3.63, 3.8) is 0 Å². The van der Waals surface area contributed by atoms with Crippen LogP contribution in [-0.2, 0) is 19.6 Å². The molecule has 0 unspecified atom stereocenters. The van der Waals surface area contributed by atoms with E-state index in [4.69, 9.17) is 5.73 Å². The number of rotatable bonds is 2. The molecule has 0 amide bonds. The number of fused-ring (bicyclic) bond motifs is 1. The Bertz CT molecular complexity index is 559. The average Bonchev–Trinajstić information content (AvgIpc) is 2.85. The quantitative estimate of drug-likeness (QED) is 0.871. The molecule has 94 valence electrons. The molecular formula is C14H18N4. The lowest BCUT2D eigenvalue weighted by Gasteiger charge is -2.31. The lowest BCUT2D eigenvalue weighted by molar-refractivity contribution is 0.558. The van der Waals surface area contributed by atoms with E-state index in [2.05, 4.69) is 39.6 Å². The predicted molar refractivity (Wildman–Crippen MR) is 72.3 cm³/mol. The molecule has 4 nitrogen and oxygen atoms in total. The van der Waals surface area contributed by atoms with Gasteiger partial charge in [-0.2, -0.15) is 0 Å². The Morgan fingerprint density at radius 1 is 1.33 bits per heavy atom. The molecule has 1 aromatic carbocycles. The Hall–Kier alpha value is -1.81. The first-order valence-electron chi connectivity index (χ1n) is 6.32. The minimum Gasteiger partial charge on any atom is -0.362 e. The number of aryl methyl sites for hydroxylation is 1. The molecule has 0 fully saturated rings. The molecule has 2 N–H and O–H groups in total. The van der Waals surface area contributed by atoms with Gasteiger partial charge in [0, 0.05) is 37.7 Å². The molecule has 2 aromatic rings. The lowest BCUT2D eigenvalue weighted by atomic mass is 10.1. The van der Waals surface area contributed by atoms with Crippen molar-refractivity contribution in [1.82, 2.24) is 9.55 Å². The molecule has 0 spiro atoms. The normalized spacial score (nSPS) is 14.7. The van der Waals surface area contributed by atoms with Gasteiger partial charge in [-0.05, 0) is 24.1 Å². The molecule has 0 saturated carbocycles. The van der Waals surface area contributed by atoms with Crippen LogP contribution in [0, 0.1) is 6.92 Å². The van der Waals surface area contributed by atoms with Crippen LogP contribution in [-0.4, -0.2) is 16.1 Å². The molecule has 0 atom stereocenters. The van der Waals surface area contributed by atoms with Gasteiger partial charge < -0.3 is 15.2 Å². The molecule has 1 aromatic heterocycles. The van der Waals surface area contributed by atoms with Crippen LogP contribution in [0.3, 0.4) is 0 Å². The first-order chi connectivity index (χ1) is 8.78. The van der Waals surface area contributed by atoms with E-state index in [9.17, 15) is 0 Å². The summed E-state index contributed by atoms with van der Waals surface area (Å²) >= 11 is 0. The maximum absolute atomic E-state index is 5.83. The number of hydrogen-bond acceptors (Lipinski definition) is 3. The number of anilines is 1. The zero-order chi connectivity index (χ0) is 12.5. The highest BCUT2D eigenvalue weighted by Gasteiger charge is 2.18. The van der Waals surface area contributed by atoms with Crippen LogP contribution in [0.15, 0.2) is 30.6 Å². The third-order valence-electron chi connectivity index (χ3n) is 3.55. The van der Waals surface area contributed by atoms with E-state index in [1.165, 1.54) is 16.8 Å². The van der Waals surface area contributed by atoms with Gasteiger partial charge in [-0.15, -0.1) is 0 Å². The zero-order valence-corrected chi connectivity index (χ0v) is 10.6. The fraction of sp³-hybridized carbons (Fsp3) is 0.357. The number of hydrogen-bond donors (Lipinski definition) is 1. The monoisotopic (exact) mass is 242 g/mol. The molecule has 2 heterocycles. The summed E-state index contributed by atoms with van der Waals surface area (Å²) in [4.78, 5) is 6.77. The fourth-order valence-corrected chi connectivity index (χ4v) is 2.52. The first kappa shape index (κ1) is 11.3. The van der Waals surface area contributed by atoms with Crippen molar-refractivity contribution >= 4 is 5.69 Å². The van der Waals surface area contributed by atoms with Crippen molar-refractivity contribution in [2.24, 2.45) is 5.73 Å². The summed E-state index contributed by atoms with van der Waals surface area (Å²) in [7, 11) is 0. The van der Waals surface area contributed by atoms with Crippen LogP contribution in [0.4, 0.5) is 5.69 Å². The van der Waals surface area contributed by atoms with Crippen LogP contribution in [0.5, 0.6) is 0 Å². The molecule has 18 heavy (non-hydrogen) atoms. The van der Waals surface area contributed by atoms with Gasteiger partial charge in [0.2, 0.25) is 0 Å². The topological polar surface area (TPSA) is 47.1 Å². The Morgan fingerprint density at radius 3 is 3.06 bits per heavy atom. The molecule has 0 radical (unpaired) electrons. The highest BCUT2D eigenvalue weighted by atomic mass is 15.2. The van der Waals surface area contributed by atoms with Gasteiger partial charge >= 0.3 is 0 Å². The van der Waals surface area contributed by atoms with Crippen molar-refractivity contribution < 1.29 is 0 Å². The second-order valence-corrected chi connectivity index (χ2v) is 4.79. The van der Waals surface area contributed by atoms with Crippen LogP contribution < -0.4 is 10.6 Å². The smallest absolute Gasteiger partial charge is 0.128 e. The largest absolute Gasteiger partial charge is 0.362 e. The van der Waals surface area contributed by atoms with Gasteiger partial charge in [0.15, 0.2) is 0 Å². The second-order valence-electron chi connectivity index (χ2n) is 4.79. The van der Waals surface area contributed by atoms with E-state index >= 15 is 0 Å². The second kappa shape index (κ2) is 4.46. The maximum Gasteiger partial charge on any atom is 0.128 e. The molecule has 1 aliphatic rings. The van der Waals surface area contributed by atoms with Crippen molar-refractivity contribution in [3.8, 4) is 0 Å². The Labute approximate surface area is 107 Å². The van der Waals surface area contributed by atoms with E-state index in [-0.39, 0.29) is 0 Å². The SMILES string of the molecule is Cc1ccc(CN)c(N2CCn3ccnc3C2)c1. The fourth-order valence-electron chi connectivity index (χ4n) is 2.52. The summed E-state index contributed by atoms with van der Waals surface area (Å²) in [6.07, 6.45) is 3.92. The van der Waals surface area contributed by atoms with Crippen molar-refractivity contribution in [3.05, 3.63) is 47.5 Å². The molecule has 4 heteroatoms. The van der Waals surface area contributed by atoms with E-state index < -0.39 is 0 Å². The lowest BCUT2D eigenvalue weighted by Crippen LogP contribution is -2.34. The van der Waals surface area contributed by atoms with Crippen molar-refractivity contribution in [2.75, 3.05) is 11.4 Å². The molecule has 0 bridgehead atoms. The first-order valence-corrected chi connectivity index (χ1v) is 6.32. The van der Waals surface area contributed by atoms with Crippen LogP contribution in [0.2, 0.25) is 0 Å². The summed E-state index contributed by atoms with van der Waals surface area (Å²) in [6.45, 7) is 5.58. The highest BCUT2D eigenvalue weighted by molar-refractivity contribution is 5.55. The standard InChI is InChI=1S/C14H18N4/c1-11-2-3-12(9-15)13(8-11)18-7-6-17-5-4-16-14(17)10-18/h2-5,8H,6-7,9-10,15H2,1H3.